The predicted molar refractivity (Wildman–Crippen MR) is 87.7 cm³/mol. The van der Waals surface area contributed by atoms with Gasteiger partial charge in [-0.3, -0.25) is 4.79 Å². The molecule has 25 heavy (non-hydrogen) atoms. The molecule has 0 bridgehead atoms. The van der Waals surface area contributed by atoms with Crippen molar-refractivity contribution in [3.05, 3.63) is 65.5 Å². The zero-order valence-electron chi connectivity index (χ0n) is 13.6. The van der Waals surface area contributed by atoms with Crippen LogP contribution >= 0.6 is 0 Å². The Morgan fingerprint density at radius 3 is 2.24 bits per heavy atom. The first kappa shape index (κ1) is 18.1. The van der Waals surface area contributed by atoms with Crippen LogP contribution in [-0.2, 0) is 14.3 Å². The highest BCUT2D eigenvalue weighted by Gasteiger charge is 2.23. The quantitative estimate of drug-likeness (QED) is 0.843. The summed E-state index contributed by atoms with van der Waals surface area (Å²) >= 11 is 0. The molecule has 7 heteroatoms. The highest BCUT2D eigenvalue weighted by molar-refractivity contribution is 6.04. The number of carbonyl (C=O) groups is 3. The van der Waals surface area contributed by atoms with Gasteiger partial charge in [-0.1, -0.05) is 18.2 Å². The van der Waals surface area contributed by atoms with Crippen molar-refractivity contribution >= 4 is 23.5 Å². The molecule has 2 aromatic carbocycles. The zero-order valence-corrected chi connectivity index (χ0v) is 13.6. The summed E-state index contributed by atoms with van der Waals surface area (Å²) in [5.41, 5.74) is 0.260. The summed E-state index contributed by atoms with van der Waals surface area (Å²) in [6.45, 7) is 1.37. The number of nitrogens with one attached hydrogen (secondary N) is 1. The maximum absolute atomic E-state index is 13.1. The van der Waals surface area contributed by atoms with Gasteiger partial charge in [-0.2, -0.15) is 0 Å². The molecule has 130 valence electrons. The first-order valence-corrected chi connectivity index (χ1v) is 7.37. The number of amides is 1. The molecule has 0 saturated heterocycles. The van der Waals surface area contributed by atoms with Gasteiger partial charge in [0, 0.05) is 5.69 Å². The third-order valence-corrected chi connectivity index (χ3v) is 3.30. The Morgan fingerprint density at radius 2 is 1.64 bits per heavy atom. The van der Waals surface area contributed by atoms with Crippen LogP contribution in [0, 0.1) is 5.82 Å². The largest absolute Gasteiger partial charge is 0.465 e. The van der Waals surface area contributed by atoms with Crippen LogP contribution in [0.1, 0.15) is 27.6 Å². The summed E-state index contributed by atoms with van der Waals surface area (Å²) < 4.78 is 22.8. The Balaban J connectivity index is 2.07. The molecule has 0 aliphatic carbocycles. The van der Waals surface area contributed by atoms with E-state index in [-0.39, 0.29) is 16.8 Å². The lowest BCUT2D eigenvalue weighted by molar-refractivity contribution is -0.123. The van der Waals surface area contributed by atoms with Crippen molar-refractivity contribution in [3.63, 3.8) is 0 Å². The van der Waals surface area contributed by atoms with Crippen molar-refractivity contribution in [1.82, 2.24) is 0 Å². The molecular formula is C18H16FNO5. The molecule has 0 aliphatic rings. The second kappa shape index (κ2) is 8.05. The minimum atomic E-state index is -1.15. The molecule has 0 radical (unpaired) electrons. The number of hydrogen-bond acceptors (Lipinski definition) is 5. The molecule has 1 N–H and O–H groups in total. The van der Waals surface area contributed by atoms with E-state index >= 15 is 0 Å². The van der Waals surface area contributed by atoms with Crippen LogP contribution in [0.3, 0.4) is 0 Å². The van der Waals surface area contributed by atoms with Crippen LogP contribution in [0.5, 0.6) is 0 Å². The van der Waals surface area contributed by atoms with E-state index in [0.717, 1.165) is 6.07 Å². The molecule has 0 saturated carbocycles. The van der Waals surface area contributed by atoms with E-state index in [4.69, 9.17) is 4.74 Å². The number of methoxy groups -OCH3 is 1. The number of anilines is 1. The molecule has 2 aromatic rings. The number of benzene rings is 2. The van der Waals surface area contributed by atoms with E-state index in [1.54, 1.807) is 12.1 Å². The Bertz CT molecular complexity index is 806. The SMILES string of the molecule is COC(=O)c1ccccc1C(=O)OC(C)C(=O)Nc1cccc(F)c1. The summed E-state index contributed by atoms with van der Waals surface area (Å²) in [6.07, 6.45) is -1.15. The number of ether oxygens (including phenoxy) is 2. The minimum absolute atomic E-state index is 0.0141. The fourth-order valence-electron chi connectivity index (χ4n) is 2.04. The van der Waals surface area contributed by atoms with Crippen LogP contribution in [0.2, 0.25) is 0 Å². The lowest BCUT2D eigenvalue weighted by Gasteiger charge is -2.14. The molecule has 0 fully saturated rings. The van der Waals surface area contributed by atoms with E-state index < -0.39 is 29.8 Å². The summed E-state index contributed by atoms with van der Waals surface area (Å²) in [5, 5.41) is 2.44. The first-order valence-electron chi connectivity index (χ1n) is 7.37. The van der Waals surface area contributed by atoms with Crippen LogP contribution in [0.4, 0.5) is 10.1 Å². The standard InChI is InChI=1S/C18H16FNO5/c1-11(16(21)20-13-7-5-6-12(19)10-13)25-18(23)15-9-4-3-8-14(15)17(22)24-2/h3-11H,1-2H3,(H,20,21). The first-order chi connectivity index (χ1) is 11.9. The highest BCUT2D eigenvalue weighted by Crippen LogP contribution is 2.14. The summed E-state index contributed by atoms with van der Waals surface area (Å²) in [4.78, 5) is 36.0. The third kappa shape index (κ3) is 4.63. The third-order valence-electron chi connectivity index (χ3n) is 3.30. The van der Waals surface area contributed by atoms with E-state index in [9.17, 15) is 18.8 Å². The monoisotopic (exact) mass is 345 g/mol. The summed E-state index contributed by atoms with van der Waals surface area (Å²) in [7, 11) is 1.19. The van der Waals surface area contributed by atoms with Gasteiger partial charge in [0.05, 0.1) is 18.2 Å². The molecule has 0 heterocycles. The number of esters is 2. The maximum atomic E-state index is 13.1. The fraction of sp³-hybridized carbons (Fsp3) is 0.167. The van der Waals surface area contributed by atoms with Crippen molar-refractivity contribution < 1.29 is 28.2 Å². The summed E-state index contributed by atoms with van der Waals surface area (Å²) in [6, 6.07) is 11.3. The van der Waals surface area contributed by atoms with Crippen molar-refractivity contribution in [2.24, 2.45) is 0 Å². The molecule has 1 unspecified atom stereocenters. The Hall–Kier alpha value is -3.22. The number of rotatable bonds is 5. The van der Waals surface area contributed by atoms with Gasteiger partial charge in [-0.15, -0.1) is 0 Å². The number of carbonyl (C=O) groups excluding carboxylic acids is 3. The molecule has 2 rings (SSSR count). The van der Waals surface area contributed by atoms with Gasteiger partial charge in [0.1, 0.15) is 5.82 Å². The molecule has 1 amide bonds. The van der Waals surface area contributed by atoms with E-state index in [1.165, 1.54) is 44.4 Å². The van der Waals surface area contributed by atoms with Gasteiger partial charge in [-0.25, -0.2) is 14.0 Å². The smallest absolute Gasteiger partial charge is 0.339 e. The molecular weight excluding hydrogens is 329 g/mol. The number of halogens is 1. The van der Waals surface area contributed by atoms with E-state index in [1.807, 2.05) is 0 Å². The molecule has 6 nitrogen and oxygen atoms in total. The van der Waals surface area contributed by atoms with Gasteiger partial charge in [0.15, 0.2) is 6.10 Å². The van der Waals surface area contributed by atoms with Gasteiger partial charge in [-0.05, 0) is 37.3 Å². The normalized spacial score (nSPS) is 11.3. The Labute approximate surface area is 143 Å². The lowest BCUT2D eigenvalue weighted by Crippen LogP contribution is -2.30. The topological polar surface area (TPSA) is 81.7 Å². The maximum Gasteiger partial charge on any atom is 0.339 e. The van der Waals surface area contributed by atoms with Crippen molar-refractivity contribution in [1.29, 1.82) is 0 Å². The van der Waals surface area contributed by atoms with Gasteiger partial charge < -0.3 is 14.8 Å². The molecule has 1 atom stereocenters. The van der Waals surface area contributed by atoms with Crippen molar-refractivity contribution in [3.8, 4) is 0 Å². The molecule has 0 spiro atoms. The van der Waals surface area contributed by atoms with E-state index in [0.29, 0.717) is 0 Å². The van der Waals surface area contributed by atoms with Crippen LogP contribution in [0.25, 0.3) is 0 Å². The molecule has 0 aromatic heterocycles. The van der Waals surface area contributed by atoms with Crippen LogP contribution < -0.4 is 5.32 Å². The van der Waals surface area contributed by atoms with E-state index in [2.05, 4.69) is 10.1 Å². The van der Waals surface area contributed by atoms with Gasteiger partial charge in [0.25, 0.3) is 5.91 Å². The number of hydrogen-bond donors (Lipinski definition) is 1. The van der Waals surface area contributed by atoms with Gasteiger partial charge in [0.2, 0.25) is 0 Å². The summed E-state index contributed by atoms with van der Waals surface area (Å²) in [5.74, 6) is -2.67. The fourth-order valence-corrected chi connectivity index (χ4v) is 2.04. The van der Waals surface area contributed by atoms with Crippen LogP contribution in [0.15, 0.2) is 48.5 Å². The Kier molecular flexibility index (Phi) is 5.84. The second-order valence-corrected chi connectivity index (χ2v) is 5.08. The van der Waals surface area contributed by atoms with Crippen molar-refractivity contribution in [2.45, 2.75) is 13.0 Å². The lowest BCUT2D eigenvalue weighted by atomic mass is 10.1. The van der Waals surface area contributed by atoms with Gasteiger partial charge >= 0.3 is 11.9 Å². The molecule has 0 aliphatic heterocycles. The van der Waals surface area contributed by atoms with Crippen LogP contribution in [-0.4, -0.2) is 31.1 Å². The average molecular weight is 345 g/mol. The highest BCUT2D eigenvalue weighted by atomic mass is 19.1. The second-order valence-electron chi connectivity index (χ2n) is 5.08. The predicted octanol–water partition coefficient (Wildman–Crippen LogP) is 2.80. The average Bonchev–Trinajstić information content (AvgIpc) is 2.60. The zero-order chi connectivity index (χ0) is 18.4. The van der Waals surface area contributed by atoms with Crippen molar-refractivity contribution in [2.75, 3.05) is 12.4 Å². The minimum Gasteiger partial charge on any atom is -0.465 e. The Morgan fingerprint density at radius 1 is 1.00 bits per heavy atom.